The lowest BCUT2D eigenvalue weighted by molar-refractivity contribution is -0.384. The van der Waals surface area contributed by atoms with Crippen LogP contribution in [0.15, 0.2) is 108 Å². The second kappa shape index (κ2) is 18.3. The number of amides is 1. The van der Waals surface area contributed by atoms with Gasteiger partial charge in [0.25, 0.3) is 21.6 Å². The molecule has 8 rings (SSSR count). The monoisotopic (exact) mass is 917 g/mol. The first-order valence-corrected chi connectivity index (χ1v) is 22.6. The van der Waals surface area contributed by atoms with Gasteiger partial charge in [-0.25, -0.2) is 22.5 Å². The molecule has 0 saturated carbocycles. The summed E-state index contributed by atoms with van der Waals surface area (Å²) in [6.45, 7) is 7.01. The first kappa shape index (κ1) is 45.5. The van der Waals surface area contributed by atoms with Crippen LogP contribution in [0.2, 0.25) is 5.02 Å². The molecule has 1 aliphatic carbocycles. The number of hydrogen-bond donors (Lipinski definition) is 3. The molecule has 1 fully saturated rings. The first-order valence-electron chi connectivity index (χ1n) is 20.7. The van der Waals surface area contributed by atoms with Gasteiger partial charge in [-0.15, -0.1) is 12.4 Å². The third-order valence-electron chi connectivity index (χ3n) is 12.3. The summed E-state index contributed by atoms with van der Waals surface area (Å²) < 4.78 is 51.7. The maximum atomic E-state index is 15.9. The number of carbonyl (C=O) groups excluding carboxylic acids is 1. The number of allylic oxidation sites excluding steroid dienone is 2. The smallest absolute Gasteiger partial charge is 0.293 e. The largest absolute Gasteiger partial charge is 0.455 e. The molecule has 63 heavy (non-hydrogen) atoms. The maximum absolute atomic E-state index is 15.9. The van der Waals surface area contributed by atoms with E-state index in [0.29, 0.717) is 29.5 Å². The number of nitrogens with one attached hydrogen (secondary N) is 3. The van der Waals surface area contributed by atoms with E-state index in [2.05, 4.69) is 63.2 Å². The molecule has 1 atom stereocenters. The Morgan fingerprint density at radius 1 is 1.08 bits per heavy atom. The highest BCUT2D eigenvalue weighted by Gasteiger charge is 2.39. The quantitative estimate of drug-likeness (QED) is 0.0624. The van der Waals surface area contributed by atoms with Gasteiger partial charge >= 0.3 is 0 Å². The molecule has 13 nitrogen and oxygen atoms in total. The standard InChI is InChI=1S/C46H49ClFN7O6S.ClH/c1-45(2)16-12-34(39(27-45)31-4-7-35(47)8-5-31)29-54-22-14-30(15-23-54)32-6-10-38(42(25-32)61-36-24-33-13-19-50-43(33)51-28-36)44(56)52-62(59,60)37-9-11-40(41(26-37)55(57)58)53(3)46(48)17-20-49-21-18-46;/h4-11,13-14,19,22,24-26,28,30,49H,12,15-18,20-21,23,27,29H2,1-3H3,(H,50,51)(H,52,56);1H. The summed E-state index contributed by atoms with van der Waals surface area (Å²) >= 11 is 6.23. The van der Waals surface area contributed by atoms with Crippen molar-refractivity contribution in [3.05, 3.63) is 135 Å². The molecule has 5 aromatic rings. The van der Waals surface area contributed by atoms with E-state index in [1.165, 1.54) is 47.0 Å². The van der Waals surface area contributed by atoms with Crippen LogP contribution in [0.25, 0.3) is 16.6 Å². The number of pyridine rings is 1. The average molecular weight is 919 g/mol. The zero-order valence-corrected chi connectivity index (χ0v) is 37.6. The Kier molecular flexibility index (Phi) is 13.2. The molecule has 0 radical (unpaired) electrons. The maximum Gasteiger partial charge on any atom is 0.293 e. The second-order valence-electron chi connectivity index (χ2n) is 17.2. The third kappa shape index (κ3) is 10.0. The van der Waals surface area contributed by atoms with Crippen LogP contribution >= 0.6 is 24.0 Å². The number of halogens is 3. The van der Waals surface area contributed by atoms with Crippen LogP contribution in [-0.2, 0) is 10.0 Å². The molecule has 17 heteroatoms. The van der Waals surface area contributed by atoms with Crippen molar-refractivity contribution in [1.29, 1.82) is 0 Å². The molecule has 3 aliphatic rings. The second-order valence-corrected chi connectivity index (χ2v) is 19.3. The topological polar surface area (TPSA) is 163 Å². The van der Waals surface area contributed by atoms with Crippen LogP contribution in [0.5, 0.6) is 11.5 Å². The highest BCUT2D eigenvalue weighted by atomic mass is 35.5. The number of H-pyrrole nitrogens is 1. The van der Waals surface area contributed by atoms with E-state index in [9.17, 15) is 23.3 Å². The summed E-state index contributed by atoms with van der Waals surface area (Å²) in [6.07, 6.45) is 11.6. The molecular weight excluding hydrogens is 869 g/mol. The highest BCUT2D eigenvalue weighted by molar-refractivity contribution is 7.90. The van der Waals surface area contributed by atoms with E-state index < -0.39 is 37.2 Å². The Morgan fingerprint density at radius 3 is 2.56 bits per heavy atom. The Morgan fingerprint density at radius 2 is 1.84 bits per heavy atom. The molecule has 0 bridgehead atoms. The molecule has 1 amide bonds. The number of nitrogens with zero attached hydrogens (tertiary/aromatic N) is 4. The van der Waals surface area contributed by atoms with Gasteiger partial charge in [-0.05, 0) is 108 Å². The van der Waals surface area contributed by atoms with Gasteiger partial charge in [0.2, 0.25) is 0 Å². The molecule has 0 spiro atoms. The number of aromatic nitrogens is 2. The molecule has 2 aliphatic heterocycles. The van der Waals surface area contributed by atoms with E-state index >= 15 is 4.39 Å². The zero-order valence-electron chi connectivity index (χ0n) is 35.2. The van der Waals surface area contributed by atoms with Crippen molar-refractivity contribution in [3.63, 3.8) is 0 Å². The van der Waals surface area contributed by atoms with Crippen molar-refractivity contribution in [2.45, 2.75) is 69.0 Å². The van der Waals surface area contributed by atoms with Gasteiger partial charge in [-0.2, -0.15) is 0 Å². The Hall–Kier alpha value is -5.48. The minimum atomic E-state index is -4.66. The molecule has 2 aromatic heterocycles. The van der Waals surface area contributed by atoms with Gasteiger partial charge in [-0.1, -0.05) is 49.7 Å². The summed E-state index contributed by atoms with van der Waals surface area (Å²) in [5, 5.41) is 16.8. The summed E-state index contributed by atoms with van der Waals surface area (Å²) in [7, 11) is -3.25. The summed E-state index contributed by atoms with van der Waals surface area (Å²) in [5.41, 5.74) is 4.94. The number of anilines is 1. The zero-order chi connectivity index (χ0) is 43.8. The minimum absolute atomic E-state index is 0. The van der Waals surface area contributed by atoms with Gasteiger partial charge in [0, 0.05) is 74.7 Å². The lowest BCUT2D eigenvalue weighted by Crippen LogP contribution is -2.50. The van der Waals surface area contributed by atoms with E-state index in [1.807, 2.05) is 18.2 Å². The van der Waals surface area contributed by atoms with Crippen LogP contribution < -0.4 is 19.7 Å². The highest BCUT2D eigenvalue weighted by Crippen LogP contribution is 2.44. The van der Waals surface area contributed by atoms with Crippen molar-refractivity contribution in [3.8, 4) is 11.5 Å². The molecule has 3 N–H and O–H groups in total. The van der Waals surface area contributed by atoms with Crippen LogP contribution in [0, 0.1) is 15.5 Å². The number of nitro groups is 1. The third-order valence-corrected chi connectivity index (χ3v) is 13.9. The molecule has 332 valence electrons. The van der Waals surface area contributed by atoms with Crippen molar-refractivity contribution in [2.24, 2.45) is 5.41 Å². The van der Waals surface area contributed by atoms with E-state index in [0.717, 1.165) is 61.9 Å². The van der Waals surface area contributed by atoms with Crippen molar-refractivity contribution < 1.29 is 27.3 Å². The van der Waals surface area contributed by atoms with Crippen molar-refractivity contribution >= 4 is 67.9 Å². The number of rotatable bonds is 12. The summed E-state index contributed by atoms with van der Waals surface area (Å²) in [4.78, 5) is 35.8. The van der Waals surface area contributed by atoms with Crippen LogP contribution in [0.4, 0.5) is 15.8 Å². The van der Waals surface area contributed by atoms with Crippen molar-refractivity contribution in [2.75, 3.05) is 38.1 Å². The van der Waals surface area contributed by atoms with Gasteiger partial charge in [0.05, 0.1) is 21.6 Å². The van der Waals surface area contributed by atoms with E-state index in [4.69, 9.17) is 16.3 Å². The van der Waals surface area contributed by atoms with Gasteiger partial charge < -0.3 is 24.8 Å². The molecule has 1 saturated heterocycles. The fourth-order valence-electron chi connectivity index (χ4n) is 8.66. The molecule has 3 aromatic carbocycles. The molecular formula is C46H50Cl2FN7O6S. The number of piperidine rings is 1. The van der Waals surface area contributed by atoms with Gasteiger partial charge in [0.1, 0.15) is 22.8 Å². The predicted molar refractivity (Wildman–Crippen MR) is 246 cm³/mol. The van der Waals surface area contributed by atoms with E-state index in [-0.39, 0.29) is 53.6 Å². The summed E-state index contributed by atoms with van der Waals surface area (Å²) in [5.74, 6) is -2.47. The number of carbonyl (C=O) groups is 1. The number of sulfonamides is 1. The number of aromatic amines is 1. The number of nitro benzene ring substituents is 1. The molecule has 4 heterocycles. The van der Waals surface area contributed by atoms with Crippen LogP contribution in [-0.4, -0.2) is 73.1 Å². The summed E-state index contributed by atoms with van der Waals surface area (Å²) in [6, 6.07) is 19.9. The van der Waals surface area contributed by atoms with Crippen LogP contribution in [0.1, 0.15) is 79.8 Å². The van der Waals surface area contributed by atoms with E-state index in [1.54, 1.807) is 24.4 Å². The van der Waals surface area contributed by atoms with Gasteiger partial charge in [-0.3, -0.25) is 14.9 Å². The van der Waals surface area contributed by atoms with Crippen molar-refractivity contribution in [1.82, 2.24) is 24.9 Å². The normalized spacial score (nSPS) is 18.4. The Balaban J connectivity index is 0.00000595. The number of benzene rings is 3. The van der Waals surface area contributed by atoms with Gasteiger partial charge in [0.15, 0.2) is 5.79 Å². The number of alkyl halides is 1. The van der Waals surface area contributed by atoms with Crippen LogP contribution in [0.3, 0.4) is 0 Å². The Bertz CT molecular complexity index is 2700. The first-order chi connectivity index (χ1) is 29.6. The number of ether oxygens (including phenoxy) is 1. The predicted octanol–water partition coefficient (Wildman–Crippen LogP) is 9.91. The molecule has 1 unspecified atom stereocenters. The number of fused-ring (bicyclic) bond motifs is 1. The fraction of sp³-hybridized carbons (Fsp3) is 0.348. The lowest BCUT2D eigenvalue weighted by atomic mass is 9.72. The fourth-order valence-corrected chi connectivity index (χ4v) is 9.77. The number of hydrogen-bond acceptors (Lipinski definition) is 10. The lowest BCUT2D eigenvalue weighted by Gasteiger charge is -2.39. The Labute approximate surface area is 377 Å². The minimum Gasteiger partial charge on any atom is -0.455 e. The SMILES string of the molecule is CN(c1ccc(S(=O)(=O)NC(=O)c2ccc(C3C=CN(CC4=C(c5ccc(Cl)cc5)CC(C)(C)CC4)CC3)cc2Oc2cnc3[nH]ccc3c2)cc1[N+](=O)[O-])C1(F)CCNCC1.Cl. The average Bonchev–Trinajstić information content (AvgIpc) is 3.72.